The van der Waals surface area contributed by atoms with Crippen molar-refractivity contribution in [2.45, 2.75) is 43.4 Å². The second kappa shape index (κ2) is 9.24. The first kappa shape index (κ1) is 23.2. The minimum absolute atomic E-state index is 0.136. The van der Waals surface area contributed by atoms with E-state index in [1.54, 1.807) is 41.8 Å². The van der Waals surface area contributed by atoms with E-state index in [-0.39, 0.29) is 10.8 Å². The fourth-order valence-electron chi connectivity index (χ4n) is 4.81. The molecule has 2 aliphatic rings. The van der Waals surface area contributed by atoms with E-state index in [9.17, 15) is 8.42 Å². The van der Waals surface area contributed by atoms with Crippen molar-refractivity contribution in [3.8, 4) is 0 Å². The number of hydrogen-bond donors (Lipinski definition) is 0. The Labute approximate surface area is 206 Å². The zero-order valence-corrected chi connectivity index (χ0v) is 21.4. The number of aromatic nitrogens is 2. The molecule has 8 heteroatoms. The van der Waals surface area contributed by atoms with Crippen molar-refractivity contribution in [1.82, 2.24) is 14.9 Å². The maximum absolute atomic E-state index is 13.6. The van der Waals surface area contributed by atoms with Gasteiger partial charge in [0.1, 0.15) is 5.82 Å². The van der Waals surface area contributed by atoms with E-state index in [1.807, 2.05) is 19.9 Å². The second-order valence-electron chi connectivity index (χ2n) is 9.49. The van der Waals surface area contributed by atoms with Crippen molar-refractivity contribution < 1.29 is 8.42 Å². The third-order valence-electron chi connectivity index (χ3n) is 6.63. The second-order valence-corrected chi connectivity index (χ2v) is 12.2. The fraction of sp³-hybridized carbons (Fsp3) is 0.385. The first-order valence-corrected chi connectivity index (χ1v) is 14.0. The highest BCUT2D eigenvalue weighted by molar-refractivity contribution is 7.92. The molecule has 0 spiro atoms. The van der Waals surface area contributed by atoms with Gasteiger partial charge in [0.25, 0.3) is 10.0 Å². The molecule has 1 unspecified atom stereocenters. The summed E-state index contributed by atoms with van der Waals surface area (Å²) in [5.41, 5.74) is 4.02. The van der Waals surface area contributed by atoms with Crippen molar-refractivity contribution in [1.29, 1.82) is 0 Å². The molecule has 6 nitrogen and oxygen atoms in total. The Balaban J connectivity index is 1.53. The normalized spacial score (nSPS) is 19.3. The number of benzene rings is 1. The summed E-state index contributed by atoms with van der Waals surface area (Å²) in [5, 5.41) is 3.29. The number of hydrogen-bond acceptors (Lipinski definition) is 6. The highest BCUT2D eigenvalue weighted by Gasteiger charge is 2.40. The molecule has 4 heterocycles. The Morgan fingerprint density at radius 3 is 2.59 bits per heavy atom. The number of allylic oxidation sites excluding steroid dienone is 1. The van der Waals surface area contributed by atoms with Crippen LogP contribution in [0.4, 0.5) is 5.82 Å². The average molecular weight is 495 g/mol. The maximum atomic E-state index is 13.6. The third kappa shape index (κ3) is 4.42. The molecule has 1 saturated heterocycles. The number of fused-ring (bicyclic) bond motifs is 1. The summed E-state index contributed by atoms with van der Waals surface area (Å²) in [7, 11) is -1.56. The van der Waals surface area contributed by atoms with Gasteiger partial charge < -0.3 is 4.90 Å². The molecule has 0 bridgehead atoms. The van der Waals surface area contributed by atoms with Crippen molar-refractivity contribution in [3.05, 3.63) is 75.4 Å². The summed E-state index contributed by atoms with van der Waals surface area (Å²) >= 11 is 1.71. The molecule has 34 heavy (non-hydrogen) atoms. The average Bonchev–Trinajstić information content (AvgIpc) is 3.45. The molecule has 178 valence electrons. The molecule has 0 saturated carbocycles. The lowest BCUT2D eigenvalue weighted by Crippen LogP contribution is -2.30. The minimum atomic E-state index is -3.72. The van der Waals surface area contributed by atoms with Gasteiger partial charge in [-0.2, -0.15) is 0 Å². The van der Waals surface area contributed by atoms with E-state index in [2.05, 4.69) is 34.5 Å². The molecule has 0 radical (unpaired) electrons. The number of pyridine rings is 1. The van der Waals surface area contributed by atoms with Crippen LogP contribution in [0.5, 0.6) is 0 Å². The number of thiazole rings is 1. The minimum Gasteiger partial charge on any atom is -0.306 e. The lowest BCUT2D eigenvalue weighted by Gasteiger charge is -2.27. The Morgan fingerprint density at radius 1 is 1.15 bits per heavy atom. The number of anilines is 1. The number of sulfonamides is 1. The standard InChI is InChI=1S/C26H30N4O2S2/c1-18(2)13-19-14-22-23(24-17-33-26(28-24)20-9-11-29(3)12-10-20)16-30(25(22)27-15-19)34(31,32)21-7-5-4-6-8-21/h4-8,13-15,17,20,23H,9-12,16H2,1-3H3. The Morgan fingerprint density at radius 2 is 1.88 bits per heavy atom. The summed E-state index contributed by atoms with van der Waals surface area (Å²) in [6, 6.07) is 10.7. The predicted octanol–water partition coefficient (Wildman–Crippen LogP) is 5.11. The first-order valence-electron chi connectivity index (χ1n) is 11.7. The van der Waals surface area contributed by atoms with E-state index in [0.29, 0.717) is 18.3 Å². The molecule has 2 aromatic heterocycles. The molecule has 1 aromatic carbocycles. The Bertz CT molecular complexity index is 1310. The van der Waals surface area contributed by atoms with Crippen LogP contribution in [0.2, 0.25) is 0 Å². The van der Waals surface area contributed by atoms with Gasteiger partial charge in [0.2, 0.25) is 0 Å². The van der Waals surface area contributed by atoms with Crippen molar-refractivity contribution in [2.24, 2.45) is 0 Å². The van der Waals surface area contributed by atoms with Gasteiger partial charge in [-0.1, -0.05) is 29.8 Å². The summed E-state index contributed by atoms with van der Waals surface area (Å²) < 4.78 is 28.6. The van der Waals surface area contributed by atoms with Crippen LogP contribution in [0.15, 0.2) is 58.4 Å². The van der Waals surface area contributed by atoms with Gasteiger partial charge in [0, 0.05) is 35.5 Å². The highest BCUT2D eigenvalue weighted by atomic mass is 32.2. The summed E-state index contributed by atoms with van der Waals surface area (Å²) in [4.78, 5) is 12.3. The first-order chi connectivity index (χ1) is 16.3. The van der Waals surface area contributed by atoms with Gasteiger partial charge in [0.15, 0.2) is 0 Å². The van der Waals surface area contributed by atoms with Gasteiger partial charge in [-0.05, 0) is 70.6 Å². The van der Waals surface area contributed by atoms with E-state index < -0.39 is 10.0 Å². The number of nitrogens with zero attached hydrogens (tertiary/aromatic N) is 4. The Hall–Kier alpha value is -2.55. The lowest BCUT2D eigenvalue weighted by atomic mass is 9.97. The largest absolute Gasteiger partial charge is 0.306 e. The van der Waals surface area contributed by atoms with Gasteiger partial charge in [0.05, 0.1) is 15.6 Å². The van der Waals surface area contributed by atoms with E-state index in [4.69, 9.17) is 4.98 Å². The number of piperidine rings is 1. The molecule has 1 atom stereocenters. The van der Waals surface area contributed by atoms with Crippen LogP contribution in [0, 0.1) is 0 Å². The van der Waals surface area contributed by atoms with Crippen LogP contribution in [-0.2, 0) is 10.0 Å². The van der Waals surface area contributed by atoms with Crippen molar-refractivity contribution in [3.63, 3.8) is 0 Å². The third-order valence-corrected chi connectivity index (χ3v) is 9.42. The molecular formula is C26H30N4O2S2. The van der Waals surface area contributed by atoms with Crippen LogP contribution in [0.1, 0.15) is 60.4 Å². The fourth-order valence-corrected chi connectivity index (χ4v) is 7.33. The van der Waals surface area contributed by atoms with Crippen molar-refractivity contribution >= 4 is 33.3 Å². The SMILES string of the molecule is CC(C)=Cc1cnc2c(c1)C(c1csc(C3CCN(C)CC3)n1)CN2S(=O)(=O)c1ccccc1. The van der Waals surface area contributed by atoms with Gasteiger partial charge in [-0.3, -0.25) is 0 Å². The molecular weight excluding hydrogens is 464 g/mol. The summed E-state index contributed by atoms with van der Waals surface area (Å²) in [6.45, 7) is 6.58. The van der Waals surface area contributed by atoms with E-state index in [0.717, 1.165) is 42.8 Å². The van der Waals surface area contributed by atoms with Gasteiger partial charge in [-0.25, -0.2) is 22.7 Å². The predicted molar refractivity (Wildman–Crippen MR) is 138 cm³/mol. The van der Waals surface area contributed by atoms with Crippen LogP contribution in [0.3, 0.4) is 0 Å². The number of likely N-dealkylation sites (tertiary alicyclic amines) is 1. The summed E-state index contributed by atoms with van der Waals surface area (Å²) in [6.07, 6.45) is 6.06. The molecule has 0 aliphatic carbocycles. The summed E-state index contributed by atoms with van der Waals surface area (Å²) in [5.74, 6) is 0.853. The van der Waals surface area contributed by atoms with Crippen molar-refractivity contribution in [2.75, 3.05) is 31.0 Å². The van der Waals surface area contributed by atoms with E-state index >= 15 is 0 Å². The van der Waals surface area contributed by atoms with E-state index in [1.165, 1.54) is 14.9 Å². The highest BCUT2D eigenvalue weighted by Crippen LogP contribution is 2.43. The quantitative estimate of drug-likeness (QED) is 0.493. The molecule has 0 N–H and O–H groups in total. The lowest BCUT2D eigenvalue weighted by molar-refractivity contribution is 0.255. The van der Waals surface area contributed by atoms with Gasteiger partial charge in [-0.15, -0.1) is 11.3 Å². The zero-order chi connectivity index (χ0) is 23.9. The van der Waals surface area contributed by atoms with Crippen LogP contribution < -0.4 is 4.31 Å². The number of rotatable bonds is 5. The van der Waals surface area contributed by atoms with Gasteiger partial charge >= 0.3 is 0 Å². The molecule has 5 rings (SSSR count). The smallest absolute Gasteiger partial charge is 0.265 e. The van der Waals surface area contributed by atoms with Crippen LogP contribution in [0.25, 0.3) is 6.08 Å². The Kier molecular flexibility index (Phi) is 6.31. The topological polar surface area (TPSA) is 66.4 Å². The van der Waals surface area contributed by atoms with Crippen LogP contribution >= 0.6 is 11.3 Å². The van der Waals surface area contributed by atoms with Crippen LogP contribution in [-0.4, -0.2) is 50.0 Å². The molecule has 3 aromatic rings. The molecule has 1 fully saturated rings. The zero-order valence-electron chi connectivity index (χ0n) is 19.8. The molecule has 2 aliphatic heterocycles. The maximum Gasteiger partial charge on any atom is 0.265 e. The monoisotopic (exact) mass is 494 g/mol. The molecule has 0 amide bonds.